The zero-order chi connectivity index (χ0) is 18.8. The zero-order valence-electron chi connectivity index (χ0n) is 14.8. The van der Waals surface area contributed by atoms with E-state index in [1.807, 2.05) is 18.2 Å². The molecule has 3 rings (SSSR count). The Morgan fingerprint density at radius 3 is 2.15 bits per heavy atom. The molecule has 0 saturated heterocycles. The summed E-state index contributed by atoms with van der Waals surface area (Å²) in [4.78, 5) is 36.1. The van der Waals surface area contributed by atoms with Crippen LogP contribution in [0, 0.1) is 0 Å². The van der Waals surface area contributed by atoms with Gasteiger partial charge >= 0.3 is 11.1 Å². The fourth-order valence-corrected chi connectivity index (χ4v) is 2.64. The van der Waals surface area contributed by atoms with Gasteiger partial charge in [0.2, 0.25) is 5.91 Å². The van der Waals surface area contributed by atoms with Crippen molar-refractivity contribution in [2.75, 3.05) is 5.32 Å². The van der Waals surface area contributed by atoms with Crippen LogP contribution in [0.3, 0.4) is 0 Å². The van der Waals surface area contributed by atoms with E-state index < -0.39 is 11.1 Å². The lowest BCUT2D eigenvalue weighted by Crippen LogP contribution is -2.39. The first-order valence-corrected chi connectivity index (χ1v) is 8.19. The monoisotopic (exact) mass is 353 g/mol. The summed E-state index contributed by atoms with van der Waals surface area (Å²) in [6.07, 6.45) is 0.301. The normalized spacial score (nSPS) is 10.7. The van der Waals surface area contributed by atoms with Crippen LogP contribution in [0.5, 0.6) is 11.5 Å². The molecule has 0 fully saturated rings. The maximum absolute atomic E-state index is 12.1. The van der Waals surface area contributed by atoms with Crippen molar-refractivity contribution in [3.63, 3.8) is 0 Å². The first-order chi connectivity index (χ1) is 12.4. The van der Waals surface area contributed by atoms with E-state index in [-0.39, 0.29) is 5.91 Å². The average Bonchev–Trinajstić information content (AvgIpc) is 2.66. The number of para-hydroxylation sites is 1. The van der Waals surface area contributed by atoms with Crippen molar-refractivity contribution in [1.82, 2.24) is 9.13 Å². The number of rotatable bonds is 4. The number of nitrogens with zero attached hydrogens (tertiary/aromatic N) is 2. The van der Waals surface area contributed by atoms with Gasteiger partial charge in [0, 0.05) is 26.6 Å². The topological polar surface area (TPSA) is 82.3 Å². The first kappa shape index (κ1) is 17.5. The second-order valence-electron chi connectivity index (χ2n) is 5.88. The molecule has 1 N–H and O–H groups in total. The number of carbonyl (C=O) groups is 1. The Balaban J connectivity index is 2.26. The molecule has 7 heteroatoms. The summed E-state index contributed by atoms with van der Waals surface area (Å²) < 4.78 is 8.46. The van der Waals surface area contributed by atoms with Crippen LogP contribution in [0.1, 0.15) is 13.3 Å². The van der Waals surface area contributed by atoms with E-state index in [2.05, 4.69) is 5.32 Å². The predicted molar refractivity (Wildman–Crippen MR) is 99.9 cm³/mol. The molecule has 2 aromatic carbocycles. The van der Waals surface area contributed by atoms with Gasteiger partial charge in [0.05, 0.1) is 16.7 Å². The number of fused-ring (bicyclic) bond motifs is 1. The molecule has 0 atom stereocenters. The van der Waals surface area contributed by atoms with Gasteiger partial charge in [-0.25, -0.2) is 0 Å². The van der Waals surface area contributed by atoms with Crippen molar-refractivity contribution >= 4 is 22.6 Å². The highest BCUT2D eigenvalue weighted by Crippen LogP contribution is 2.33. The van der Waals surface area contributed by atoms with E-state index in [4.69, 9.17) is 4.74 Å². The molecule has 3 aromatic rings. The SMILES string of the molecule is CCC(=O)Nc1cc2c(cc1Oc1ccccc1)n(C)c(=O)c(=O)n2C. The number of hydrogen-bond donors (Lipinski definition) is 1. The summed E-state index contributed by atoms with van der Waals surface area (Å²) in [5, 5.41) is 2.79. The van der Waals surface area contributed by atoms with Crippen molar-refractivity contribution in [1.29, 1.82) is 0 Å². The highest BCUT2D eigenvalue weighted by molar-refractivity contribution is 5.95. The molecule has 0 radical (unpaired) electrons. The second kappa shape index (κ2) is 6.87. The average molecular weight is 353 g/mol. The minimum atomic E-state index is -0.635. The Bertz CT molecular complexity index is 1100. The minimum Gasteiger partial charge on any atom is -0.455 e. The molecule has 7 nitrogen and oxygen atoms in total. The van der Waals surface area contributed by atoms with Crippen LogP contribution in [0.15, 0.2) is 52.1 Å². The molecule has 1 aromatic heterocycles. The molecular weight excluding hydrogens is 334 g/mol. The number of aryl methyl sites for hydroxylation is 2. The molecule has 0 aliphatic heterocycles. The van der Waals surface area contributed by atoms with Gasteiger partial charge in [-0.1, -0.05) is 25.1 Å². The third-order valence-corrected chi connectivity index (χ3v) is 4.16. The van der Waals surface area contributed by atoms with Crippen LogP contribution < -0.4 is 21.2 Å². The van der Waals surface area contributed by atoms with Crippen molar-refractivity contribution < 1.29 is 9.53 Å². The Hall–Kier alpha value is -3.35. The fraction of sp³-hybridized carbons (Fsp3) is 0.211. The number of hydrogen-bond acceptors (Lipinski definition) is 4. The van der Waals surface area contributed by atoms with Crippen molar-refractivity contribution in [3.05, 3.63) is 63.2 Å². The number of nitrogens with one attached hydrogen (secondary N) is 1. The predicted octanol–water partition coefficient (Wildman–Crippen LogP) is 2.38. The smallest absolute Gasteiger partial charge is 0.316 e. The lowest BCUT2D eigenvalue weighted by atomic mass is 10.2. The molecule has 1 heterocycles. The van der Waals surface area contributed by atoms with Gasteiger partial charge in [-0.2, -0.15) is 0 Å². The molecule has 0 saturated carbocycles. The number of ether oxygens (including phenoxy) is 1. The van der Waals surface area contributed by atoms with Gasteiger partial charge in [0.25, 0.3) is 0 Å². The Labute approximate surface area is 149 Å². The Morgan fingerprint density at radius 2 is 1.58 bits per heavy atom. The number of carbonyl (C=O) groups excluding carboxylic acids is 1. The van der Waals surface area contributed by atoms with E-state index in [0.29, 0.717) is 34.6 Å². The van der Waals surface area contributed by atoms with Crippen molar-refractivity contribution in [3.8, 4) is 11.5 Å². The Kier molecular flexibility index (Phi) is 4.62. The molecule has 0 aliphatic carbocycles. The second-order valence-corrected chi connectivity index (χ2v) is 5.88. The molecule has 1 amide bonds. The zero-order valence-corrected chi connectivity index (χ0v) is 14.8. The third-order valence-electron chi connectivity index (χ3n) is 4.16. The summed E-state index contributed by atoms with van der Waals surface area (Å²) in [7, 11) is 3.05. The first-order valence-electron chi connectivity index (χ1n) is 8.19. The maximum Gasteiger partial charge on any atom is 0.316 e. The highest BCUT2D eigenvalue weighted by Gasteiger charge is 2.15. The van der Waals surface area contributed by atoms with Gasteiger partial charge in [-0.05, 0) is 18.2 Å². The summed E-state index contributed by atoms with van der Waals surface area (Å²) in [5.74, 6) is 0.796. The van der Waals surface area contributed by atoms with Gasteiger partial charge in [-0.3, -0.25) is 14.4 Å². The lowest BCUT2D eigenvalue weighted by Gasteiger charge is -2.16. The van der Waals surface area contributed by atoms with Gasteiger partial charge in [-0.15, -0.1) is 0 Å². The quantitative estimate of drug-likeness (QED) is 0.730. The van der Waals surface area contributed by atoms with E-state index >= 15 is 0 Å². The minimum absolute atomic E-state index is 0.183. The van der Waals surface area contributed by atoms with Crippen LogP contribution in [0.25, 0.3) is 11.0 Å². The highest BCUT2D eigenvalue weighted by atomic mass is 16.5. The van der Waals surface area contributed by atoms with Gasteiger partial charge < -0.3 is 19.2 Å². The number of amides is 1. The number of benzene rings is 2. The van der Waals surface area contributed by atoms with Crippen molar-refractivity contribution in [2.24, 2.45) is 14.1 Å². The number of anilines is 1. The molecule has 134 valence electrons. The van der Waals surface area contributed by atoms with Crippen LogP contribution in [0.2, 0.25) is 0 Å². The summed E-state index contributed by atoms with van der Waals surface area (Å²) in [6, 6.07) is 12.4. The fourth-order valence-electron chi connectivity index (χ4n) is 2.64. The van der Waals surface area contributed by atoms with Crippen molar-refractivity contribution in [2.45, 2.75) is 13.3 Å². The Morgan fingerprint density at radius 1 is 1.00 bits per heavy atom. The molecule has 0 unspecified atom stereocenters. The summed E-state index contributed by atoms with van der Waals surface area (Å²) in [6.45, 7) is 1.74. The van der Waals surface area contributed by atoms with Crippen LogP contribution in [-0.2, 0) is 18.9 Å². The number of aromatic nitrogens is 2. The van der Waals surface area contributed by atoms with E-state index in [1.54, 1.807) is 31.2 Å². The largest absolute Gasteiger partial charge is 0.455 e. The molecule has 26 heavy (non-hydrogen) atoms. The molecule has 0 aliphatic rings. The summed E-state index contributed by atoms with van der Waals surface area (Å²) in [5.41, 5.74) is 0.212. The van der Waals surface area contributed by atoms with Crippen LogP contribution >= 0.6 is 0 Å². The van der Waals surface area contributed by atoms with E-state index in [0.717, 1.165) is 0 Å². The molecular formula is C19H19N3O4. The maximum atomic E-state index is 12.1. The van der Waals surface area contributed by atoms with Gasteiger partial charge in [0.15, 0.2) is 5.75 Å². The summed E-state index contributed by atoms with van der Waals surface area (Å²) >= 11 is 0. The van der Waals surface area contributed by atoms with Crippen LogP contribution in [0.4, 0.5) is 5.69 Å². The third kappa shape index (κ3) is 3.11. The van der Waals surface area contributed by atoms with Crippen LogP contribution in [-0.4, -0.2) is 15.0 Å². The van der Waals surface area contributed by atoms with E-state index in [1.165, 1.54) is 23.2 Å². The lowest BCUT2D eigenvalue weighted by molar-refractivity contribution is -0.115. The standard InChI is InChI=1S/C19H19N3O4/c1-4-17(23)20-13-10-14-15(22(3)19(25)18(24)21(14)2)11-16(13)26-12-8-6-5-7-9-12/h5-11H,4H2,1-3H3,(H,20,23). The van der Waals surface area contributed by atoms with E-state index in [9.17, 15) is 14.4 Å². The van der Waals surface area contributed by atoms with Gasteiger partial charge in [0.1, 0.15) is 5.75 Å². The molecule has 0 bridgehead atoms. The molecule has 0 spiro atoms.